The van der Waals surface area contributed by atoms with E-state index in [-0.39, 0.29) is 24.2 Å². The van der Waals surface area contributed by atoms with Crippen LogP contribution in [0.2, 0.25) is 0 Å². The van der Waals surface area contributed by atoms with Crippen molar-refractivity contribution in [3.63, 3.8) is 0 Å². The predicted molar refractivity (Wildman–Crippen MR) is 124 cm³/mol. The second-order valence-corrected chi connectivity index (χ2v) is 9.12. The molecular weight excluding hydrogens is 496 g/mol. The Morgan fingerprint density at radius 2 is 1.86 bits per heavy atom. The molecule has 0 saturated carbocycles. The molecule has 0 spiro atoms. The van der Waals surface area contributed by atoms with E-state index in [1.54, 1.807) is 6.92 Å². The van der Waals surface area contributed by atoms with Crippen LogP contribution >= 0.6 is 0 Å². The number of carbonyl (C=O) groups is 1. The van der Waals surface area contributed by atoms with Crippen LogP contribution < -0.4 is 0 Å². The highest BCUT2D eigenvalue weighted by Gasteiger charge is 2.51. The van der Waals surface area contributed by atoms with Crippen LogP contribution in [0.4, 0.5) is 0 Å². The molecular formula is C24H34O13. The fourth-order valence-electron chi connectivity index (χ4n) is 3.66. The lowest BCUT2D eigenvalue weighted by Gasteiger charge is -2.41. The number of phenolic OH excluding ortho intramolecular Hbond substituents is 2. The van der Waals surface area contributed by atoms with Crippen molar-refractivity contribution in [3.05, 3.63) is 29.8 Å². The van der Waals surface area contributed by atoms with Crippen molar-refractivity contribution < 1.29 is 64.2 Å². The highest BCUT2D eigenvalue weighted by Crippen LogP contribution is 2.29. The van der Waals surface area contributed by atoms with Crippen LogP contribution in [0.1, 0.15) is 25.8 Å². The molecule has 0 aliphatic carbocycles. The molecule has 0 radical (unpaired) electrons. The first kappa shape index (κ1) is 29.2. The molecule has 2 aliphatic heterocycles. The van der Waals surface area contributed by atoms with Crippen molar-refractivity contribution in [1.82, 2.24) is 0 Å². The maximum absolute atomic E-state index is 12.0. The zero-order valence-electron chi connectivity index (χ0n) is 20.4. The monoisotopic (exact) mass is 530 g/mol. The van der Waals surface area contributed by atoms with Gasteiger partial charge in [0, 0.05) is 6.08 Å². The Morgan fingerprint density at radius 1 is 1.14 bits per heavy atom. The van der Waals surface area contributed by atoms with Gasteiger partial charge in [-0.15, -0.1) is 0 Å². The van der Waals surface area contributed by atoms with E-state index in [2.05, 4.69) is 0 Å². The number of esters is 1. The Labute approximate surface area is 213 Å². The molecule has 3 rings (SSSR count). The van der Waals surface area contributed by atoms with Gasteiger partial charge in [-0.25, -0.2) is 4.79 Å². The standard InChI is InChI=1S/C24H34O13/c1-3-12(2)36-22-20(30)19(29)18(28)16(37-22)9-33-23-21(31)24(32,11-35-23)10-34-17(27)7-5-13-4-6-14(25)15(26)8-13/h4-8,12,16,18-23,25-26,28-32H,3,9-11H2,1-2H3/t12-,16+,18+,19-,20+,21-,22+,23+,24+/m0/s1. The van der Waals surface area contributed by atoms with E-state index in [9.17, 15) is 40.5 Å². The molecule has 2 heterocycles. The van der Waals surface area contributed by atoms with Gasteiger partial charge in [-0.05, 0) is 37.1 Å². The third-order valence-corrected chi connectivity index (χ3v) is 6.22. The van der Waals surface area contributed by atoms with E-state index in [1.165, 1.54) is 24.3 Å². The Bertz CT molecular complexity index is 939. The van der Waals surface area contributed by atoms with Gasteiger partial charge in [-0.2, -0.15) is 0 Å². The Kier molecular flexibility index (Phi) is 9.86. The minimum absolute atomic E-state index is 0.288. The van der Waals surface area contributed by atoms with Gasteiger partial charge in [0.1, 0.15) is 37.1 Å². The number of hydrogen-bond acceptors (Lipinski definition) is 13. The van der Waals surface area contributed by atoms with Crippen molar-refractivity contribution in [2.45, 2.75) is 75.1 Å². The summed E-state index contributed by atoms with van der Waals surface area (Å²) < 4.78 is 26.8. The van der Waals surface area contributed by atoms with Crippen molar-refractivity contribution in [2.75, 3.05) is 19.8 Å². The largest absolute Gasteiger partial charge is 0.504 e. The number of phenols is 2. The van der Waals surface area contributed by atoms with Crippen molar-refractivity contribution in [3.8, 4) is 11.5 Å². The first-order valence-electron chi connectivity index (χ1n) is 11.8. The van der Waals surface area contributed by atoms with Gasteiger partial charge in [0.05, 0.1) is 19.3 Å². The minimum Gasteiger partial charge on any atom is -0.504 e. The highest BCUT2D eigenvalue weighted by molar-refractivity contribution is 5.87. The molecule has 2 saturated heterocycles. The van der Waals surface area contributed by atoms with E-state index in [0.29, 0.717) is 12.0 Å². The van der Waals surface area contributed by atoms with E-state index in [0.717, 1.165) is 6.08 Å². The third-order valence-electron chi connectivity index (χ3n) is 6.22. The molecule has 1 aromatic carbocycles. The normalized spacial score (nSPS) is 35.1. The zero-order valence-corrected chi connectivity index (χ0v) is 20.4. The molecule has 13 nitrogen and oxygen atoms in total. The summed E-state index contributed by atoms with van der Waals surface area (Å²) in [5, 5.41) is 70.5. The summed E-state index contributed by atoms with van der Waals surface area (Å²) in [4.78, 5) is 12.0. The van der Waals surface area contributed by atoms with Crippen LogP contribution in [0.5, 0.6) is 11.5 Å². The number of carbonyl (C=O) groups excluding carboxylic acids is 1. The second-order valence-electron chi connectivity index (χ2n) is 9.12. The van der Waals surface area contributed by atoms with Gasteiger partial charge >= 0.3 is 5.97 Å². The first-order chi connectivity index (χ1) is 17.4. The average molecular weight is 531 g/mol. The number of aliphatic hydroxyl groups is 5. The summed E-state index contributed by atoms with van der Waals surface area (Å²) in [5.74, 6) is -1.53. The molecule has 0 amide bonds. The molecule has 37 heavy (non-hydrogen) atoms. The number of hydrogen-bond donors (Lipinski definition) is 7. The number of benzene rings is 1. The van der Waals surface area contributed by atoms with Crippen molar-refractivity contribution >= 4 is 12.0 Å². The van der Waals surface area contributed by atoms with Crippen LogP contribution in [0.25, 0.3) is 6.08 Å². The topological polar surface area (TPSA) is 205 Å². The lowest BCUT2D eigenvalue weighted by Crippen LogP contribution is -2.60. The van der Waals surface area contributed by atoms with Crippen molar-refractivity contribution in [2.24, 2.45) is 0 Å². The van der Waals surface area contributed by atoms with E-state index < -0.39 is 67.9 Å². The lowest BCUT2D eigenvalue weighted by atomic mass is 9.99. The molecule has 1 aromatic rings. The first-order valence-corrected chi connectivity index (χ1v) is 11.8. The smallest absolute Gasteiger partial charge is 0.330 e. The number of aliphatic hydroxyl groups excluding tert-OH is 4. The van der Waals surface area contributed by atoms with Crippen molar-refractivity contribution in [1.29, 1.82) is 0 Å². The summed E-state index contributed by atoms with van der Waals surface area (Å²) in [7, 11) is 0. The van der Waals surface area contributed by atoms with Crippen LogP contribution in [-0.2, 0) is 28.5 Å². The molecule has 208 valence electrons. The summed E-state index contributed by atoms with van der Waals surface area (Å²) in [6.45, 7) is 2.17. The summed E-state index contributed by atoms with van der Waals surface area (Å²) in [6, 6.07) is 3.93. The third kappa shape index (κ3) is 7.16. The minimum atomic E-state index is -1.99. The SMILES string of the molecule is CC[C@H](C)O[C@@H]1O[C@H](CO[C@@H]2OC[C@](O)(COC(=O)C=Cc3ccc(O)c(O)c3)[C@H]2O)[C@@H](O)[C@H](O)[C@H]1O. The van der Waals surface area contributed by atoms with E-state index >= 15 is 0 Å². The Morgan fingerprint density at radius 3 is 2.54 bits per heavy atom. The molecule has 2 fully saturated rings. The maximum Gasteiger partial charge on any atom is 0.330 e. The van der Waals surface area contributed by atoms with Gasteiger partial charge in [-0.1, -0.05) is 13.0 Å². The highest BCUT2D eigenvalue weighted by atomic mass is 16.7. The molecule has 0 aromatic heterocycles. The van der Waals surface area contributed by atoms with E-state index in [4.69, 9.17) is 23.7 Å². The molecule has 0 unspecified atom stereocenters. The van der Waals surface area contributed by atoms with Crippen LogP contribution in [0, 0.1) is 0 Å². The Balaban J connectivity index is 1.50. The molecule has 9 atom stereocenters. The van der Waals surface area contributed by atoms with Crippen LogP contribution in [0.15, 0.2) is 24.3 Å². The summed E-state index contributed by atoms with van der Waals surface area (Å²) in [5.41, 5.74) is -1.58. The van der Waals surface area contributed by atoms with Gasteiger partial charge in [-0.3, -0.25) is 0 Å². The van der Waals surface area contributed by atoms with E-state index in [1.807, 2.05) is 6.92 Å². The lowest BCUT2D eigenvalue weighted by molar-refractivity contribution is -0.317. The summed E-state index contributed by atoms with van der Waals surface area (Å²) in [6.07, 6.45) is -7.25. The number of rotatable bonds is 10. The number of aromatic hydroxyl groups is 2. The fraction of sp³-hybridized carbons (Fsp3) is 0.625. The summed E-state index contributed by atoms with van der Waals surface area (Å²) >= 11 is 0. The quantitative estimate of drug-likeness (QED) is 0.107. The average Bonchev–Trinajstić information content (AvgIpc) is 3.16. The van der Waals surface area contributed by atoms with Crippen LogP contribution in [0.3, 0.4) is 0 Å². The predicted octanol–water partition coefficient (Wildman–Crippen LogP) is -1.26. The second kappa shape index (κ2) is 12.5. The van der Waals surface area contributed by atoms with Gasteiger partial charge in [0.2, 0.25) is 0 Å². The number of ether oxygens (including phenoxy) is 5. The van der Waals surface area contributed by atoms with Gasteiger partial charge in [0.25, 0.3) is 0 Å². The van der Waals surface area contributed by atoms with Gasteiger partial charge in [0.15, 0.2) is 29.7 Å². The molecule has 13 heteroatoms. The maximum atomic E-state index is 12.0. The molecule has 0 bridgehead atoms. The van der Waals surface area contributed by atoms with Crippen LogP contribution in [-0.4, -0.2) is 116 Å². The van der Waals surface area contributed by atoms with Gasteiger partial charge < -0.3 is 59.4 Å². The zero-order chi connectivity index (χ0) is 27.3. The molecule has 2 aliphatic rings. The Hall–Kier alpha value is -2.33. The fourth-order valence-corrected chi connectivity index (χ4v) is 3.66. The molecule has 7 N–H and O–H groups in total.